The highest BCUT2D eigenvalue weighted by atomic mass is 79.9. The van der Waals surface area contributed by atoms with Gasteiger partial charge in [0.1, 0.15) is 5.75 Å². The van der Waals surface area contributed by atoms with Gasteiger partial charge in [-0.3, -0.25) is 0 Å². The van der Waals surface area contributed by atoms with Gasteiger partial charge in [-0.25, -0.2) is 4.79 Å². The van der Waals surface area contributed by atoms with Gasteiger partial charge in [0.05, 0.1) is 17.7 Å². The molecular formula is C14H19BrN2O3. The number of nitrogens with one attached hydrogen (secondary N) is 2. The normalized spacial score (nSPS) is 17.8. The van der Waals surface area contributed by atoms with E-state index in [-0.39, 0.29) is 12.1 Å². The minimum absolute atomic E-state index is 0.163. The predicted octanol–water partition coefficient (Wildman–Crippen LogP) is 2.44. The Balaban J connectivity index is 1.73. The summed E-state index contributed by atoms with van der Waals surface area (Å²) in [5, 5.41) is 5.64. The van der Waals surface area contributed by atoms with Gasteiger partial charge in [-0.1, -0.05) is 6.07 Å². The number of rotatable bonds is 5. The summed E-state index contributed by atoms with van der Waals surface area (Å²) in [5.41, 5.74) is 1.00. The minimum Gasteiger partial charge on any atom is -0.496 e. The van der Waals surface area contributed by atoms with Crippen molar-refractivity contribution >= 4 is 22.0 Å². The van der Waals surface area contributed by atoms with E-state index >= 15 is 0 Å². The van der Waals surface area contributed by atoms with Crippen molar-refractivity contribution in [2.75, 3.05) is 20.3 Å². The van der Waals surface area contributed by atoms with Crippen LogP contribution in [-0.2, 0) is 11.3 Å². The maximum Gasteiger partial charge on any atom is 0.315 e. The molecule has 1 aliphatic rings. The molecule has 20 heavy (non-hydrogen) atoms. The van der Waals surface area contributed by atoms with Crippen molar-refractivity contribution in [2.24, 2.45) is 0 Å². The lowest BCUT2D eigenvalue weighted by molar-refractivity contribution is 0.111. The first-order valence-electron chi connectivity index (χ1n) is 6.65. The van der Waals surface area contributed by atoms with Gasteiger partial charge in [-0.15, -0.1) is 0 Å². The number of benzene rings is 1. The van der Waals surface area contributed by atoms with Crippen molar-refractivity contribution in [3.63, 3.8) is 0 Å². The Hall–Kier alpha value is -1.27. The van der Waals surface area contributed by atoms with Crippen molar-refractivity contribution in [1.29, 1.82) is 0 Å². The smallest absolute Gasteiger partial charge is 0.315 e. The van der Waals surface area contributed by atoms with Crippen LogP contribution in [0.25, 0.3) is 0 Å². The molecule has 1 aliphatic heterocycles. The van der Waals surface area contributed by atoms with E-state index in [0.29, 0.717) is 13.1 Å². The lowest BCUT2D eigenvalue weighted by Gasteiger charge is -2.12. The highest BCUT2D eigenvalue weighted by molar-refractivity contribution is 9.10. The fourth-order valence-corrected chi connectivity index (χ4v) is 2.66. The zero-order valence-electron chi connectivity index (χ0n) is 11.4. The predicted molar refractivity (Wildman–Crippen MR) is 79.9 cm³/mol. The molecule has 0 saturated carbocycles. The van der Waals surface area contributed by atoms with Crippen molar-refractivity contribution < 1.29 is 14.3 Å². The maximum atomic E-state index is 11.7. The average molecular weight is 343 g/mol. The van der Waals surface area contributed by atoms with Crippen LogP contribution in [0.3, 0.4) is 0 Å². The molecule has 110 valence electrons. The van der Waals surface area contributed by atoms with Crippen LogP contribution < -0.4 is 15.4 Å². The number of carbonyl (C=O) groups excluding carboxylic acids is 1. The van der Waals surface area contributed by atoms with Crippen molar-refractivity contribution in [2.45, 2.75) is 25.5 Å². The minimum atomic E-state index is -0.174. The standard InChI is InChI=1S/C14H19BrN2O3/c1-19-13-5-4-10(7-12(13)15)8-16-14(18)17-9-11-3-2-6-20-11/h4-5,7,11H,2-3,6,8-9H2,1H3,(H2,16,17,18). The molecule has 1 fully saturated rings. The summed E-state index contributed by atoms with van der Waals surface area (Å²) in [6, 6.07) is 5.54. The monoisotopic (exact) mass is 342 g/mol. The van der Waals surface area contributed by atoms with Crippen LogP contribution in [0.1, 0.15) is 18.4 Å². The third-order valence-electron chi connectivity index (χ3n) is 3.18. The van der Waals surface area contributed by atoms with Gasteiger partial charge in [0, 0.05) is 19.7 Å². The molecule has 2 N–H and O–H groups in total. The SMILES string of the molecule is COc1ccc(CNC(=O)NCC2CCCO2)cc1Br. The van der Waals surface area contributed by atoms with E-state index in [0.717, 1.165) is 35.2 Å². The highest BCUT2D eigenvalue weighted by Gasteiger charge is 2.15. The first-order valence-corrected chi connectivity index (χ1v) is 7.44. The molecule has 6 heteroatoms. The van der Waals surface area contributed by atoms with Gasteiger partial charge in [0.25, 0.3) is 0 Å². The number of hydrogen-bond acceptors (Lipinski definition) is 3. The van der Waals surface area contributed by atoms with E-state index in [1.54, 1.807) is 7.11 Å². The average Bonchev–Trinajstić information content (AvgIpc) is 2.96. The number of methoxy groups -OCH3 is 1. The highest BCUT2D eigenvalue weighted by Crippen LogP contribution is 2.25. The number of hydrogen-bond donors (Lipinski definition) is 2. The first kappa shape index (κ1) is 15.1. The molecule has 0 bridgehead atoms. The second kappa shape index (κ2) is 7.50. The zero-order chi connectivity index (χ0) is 14.4. The molecule has 1 aromatic rings. The van der Waals surface area contributed by atoms with Gasteiger partial charge in [0.15, 0.2) is 0 Å². The Bertz CT molecular complexity index is 462. The van der Waals surface area contributed by atoms with E-state index in [4.69, 9.17) is 9.47 Å². The second-order valence-corrected chi connectivity index (χ2v) is 5.52. The number of halogens is 1. The van der Waals surface area contributed by atoms with Crippen molar-refractivity contribution in [3.8, 4) is 5.75 Å². The summed E-state index contributed by atoms with van der Waals surface area (Å²) in [7, 11) is 1.62. The molecular weight excluding hydrogens is 324 g/mol. The topological polar surface area (TPSA) is 59.6 Å². The van der Waals surface area contributed by atoms with Gasteiger partial charge in [0.2, 0.25) is 0 Å². The molecule has 1 saturated heterocycles. The number of amides is 2. The first-order chi connectivity index (χ1) is 9.69. The number of carbonyl (C=O) groups is 1. The Kier molecular flexibility index (Phi) is 5.67. The van der Waals surface area contributed by atoms with E-state index in [1.807, 2.05) is 18.2 Å². The zero-order valence-corrected chi connectivity index (χ0v) is 13.0. The molecule has 2 rings (SSSR count). The molecule has 1 unspecified atom stereocenters. The molecule has 1 heterocycles. The van der Waals surface area contributed by atoms with Crippen molar-refractivity contribution in [3.05, 3.63) is 28.2 Å². The molecule has 0 radical (unpaired) electrons. The molecule has 2 amide bonds. The van der Waals surface area contributed by atoms with E-state index in [1.165, 1.54) is 0 Å². The van der Waals surface area contributed by atoms with Gasteiger partial charge >= 0.3 is 6.03 Å². The Labute approximate surface area is 127 Å². The molecule has 0 aliphatic carbocycles. The Morgan fingerprint density at radius 1 is 1.50 bits per heavy atom. The van der Waals surface area contributed by atoms with Gasteiger partial charge in [-0.05, 0) is 46.5 Å². The summed E-state index contributed by atoms with van der Waals surface area (Å²) in [5.74, 6) is 0.775. The fourth-order valence-electron chi connectivity index (χ4n) is 2.08. The summed E-state index contributed by atoms with van der Waals surface area (Å²) in [6.45, 7) is 1.84. The number of urea groups is 1. The van der Waals surface area contributed by atoms with E-state index < -0.39 is 0 Å². The third-order valence-corrected chi connectivity index (χ3v) is 3.80. The Morgan fingerprint density at radius 2 is 2.35 bits per heavy atom. The molecule has 0 spiro atoms. The Morgan fingerprint density at radius 3 is 3.00 bits per heavy atom. The molecule has 1 aromatic carbocycles. The summed E-state index contributed by atoms with van der Waals surface area (Å²) >= 11 is 3.42. The molecule has 1 atom stereocenters. The maximum absolute atomic E-state index is 11.7. The van der Waals surface area contributed by atoms with Crippen LogP contribution in [0.4, 0.5) is 4.79 Å². The quantitative estimate of drug-likeness (QED) is 0.863. The largest absolute Gasteiger partial charge is 0.496 e. The van der Waals surface area contributed by atoms with Crippen LogP contribution in [0.2, 0.25) is 0 Å². The summed E-state index contributed by atoms with van der Waals surface area (Å²) < 4.78 is 11.5. The van der Waals surface area contributed by atoms with E-state index in [9.17, 15) is 4.79 Å². The second-order valence-electron chi connectivity index (χ2n) is 4.67. The van der Waals surface area contributed by atoms with Gasteiger partial charge in [-0.2, -0.15) is 0 Å². The van der Waals surface area contributed by atoms with Crippen LogP contribution in [-0.4, -0.2) is 32.4 Å². The van der Waals surface area contributed by atoms with Crippen molar-refractivity contribution in [1.82, 2.24) is 10.6 Å². The third kappa shape index (κ3) is 4.38. The lowest BCUT2D eigenvalue weighted by Crippen LogP contribution is -2.39. The van der Waals surface area contributed by atoms with Gasteiger partial charge < -0.3 is 20.1 Å². The molecule has 5 nitrogen and oxygen atoms in total. The van der Waals surface area contributed by atoms with Crippen LogP contribution >= 0.6 is 15.9 Å². The van der Waals surface area contributed by atoms with Crippen LogP contribution in [0.5, 0.6) is 5.75 Å². The molecule has 0 aromatic heterocycles. The van der Waals surface area contributed by atoms with Crippen LogP contribution in [0.15, 0.2) is 22.7 Å². The lowest BCUT2D eigenvalue weighted by atomic mass is 10.2. The van der Waals surface area contributed by atoms with Crippen LogP contribution in [0, 0.1) is 0 Å². The fraction of sp³-hybridized carbons (Fsp3) is 0.500. The summed E-state index contributed by atoms with van der Waals surface area (Å²) in [4.78, 5) is 11.7. The van der Waals surface area contributed by atoms with E-state index in [2.05, 4.69) is 26.6 Å². The number of ether oxygens (including phenoxy) is 2. The summed E-state index contributed by atoms with van der Waals surface area (Å²) in [6.07, 6.45) is 2.26.